The molecule has 0 fully saturated rings. The molecule has 0 bridgehead atoms. The zero-order chi connectivity index (χ0) is 15.0. The second-order valence-corrected chi connectivity index (χ2v) is 6.38. The number of phenols is 1. The van der Waals surface area contributed by atoms with E-state index < -0.39 is 0 Å². The molecule has 0 aliphatic heterocycles. The van der Waals surface area contributed by atoms with E-state index in [0.29, 0.717) is 15.9 Å². The number of nitrogens with zero attached hydrogens (tertiary/aromatic N) is 1. The predicted octanol–water partition coefficient (Wildman–Crippen LogP) is 5.79. The van der Waals surface area contributed by atoms with E-state index in [0.717, 1.165) is 5.69 Å². The number of halogens is 2. The Morgan fingerprint density at radius 2 is 1.95 bits per heavy atom. The van der Waals surface area contributed by atoms with Gasteiger partial charge in [0.15, 0.2) is 5.75 Å². The van der Waals surface area contributed by atoms with Crippen LogP contribution in [0.15, 0.2) is 29.6 Å². The Balaban J connectivity index is 2.07. The highest BCUT2D eigenvalue weighted by atomic mass is 35.5. The Hall–Kier alpha value is -1.55. The third-order valence-electron chi connectivity index (χ3n) is 3.19. The molecule has 0 aliphatic rings. The maximum absolute atomic E-state index is 10.0. The number of pyridine rings is 1. The van der Waals surface area contributed by atoms with E-state index in [2.05, 4.69) is 18.0 Å². The van der Waals surface area contributed by atoms with Gasteiger partial charge in [0.05, 0.1) is 15.7 Å². The lowest BCUT2D eigenvalue weighted by molar-refractivity contribution is 0.480. The summed E-state index contributed by atoms with van der Waals surface area (Å²) in [4.78, 5) is 5.61. The average molecular weight is 336 g/mol. The summed E-state index contributed by atoms with van der Waals surface area (Å²) in [6, 6.07) is 7.29. The minimum atomic E-state index is -0.0429. The summed E-state index contributed by atoms with van der Waals surface area (Å²) in [7, 11) is 0. The Morgan fingerprint density at radius 3 is 2.67 bits per heavy atom. The van der Waals surface area contributed by atoms with Crippen LogP contribution in [0.2, 0.25) is 10.0 Å². The lowest BCUT2D eigenvalue weighted by Crippen LogP contribution is -1.86. The number of aryl methyl sites for hydroxylation is 1. The maximum atomic E-state index is 10.0. The fourth-order valence-electron chi connectivity index (χ4n) is 2.03. The summed E-state index contributed by atoms with van der Waals surface area (Å²) in [5, 5.41) is 13.4. The number of hydrogen-bond donors (Lipinski definition) is 1. The first kappa shape index (κ1) is 14.4. The fourth-order valence-corrected chi connectivity index (χ4v) is 3.36. The number of rotatable bonds is 2. The molecular weight excluding hydrogens is 325 g/mol. The number of aromatic hydroxyl groups is 1. The largest absolute Gasteiger partial charge is 0.504 e. The van der Waals surface area contributed by atoms with E-state index in [1.54, 1.807) is 11.3 Å². The maximum Gasteiger partial charge on any atom is 0.160 e. The minimum absolute atomic E-state index is 0.0429. The number of aromatic nitrogens is 1. The Kier molecular flexibility index (Phi) is 3.89. The van der Waals surface area contributed by atoms with Crippen LogP contribution in [-0.4, -0.2) is 10.1 Å². The molecule has 0 aliphatic carbocycles. The van der Waals surface area contributed by atoms with Crippen molar-refractivity contribution >= 4 is 57.6 Å². The Labute approximate surface area is 136 Å². The molecular formula is C16H11Cl2NOS. The van der Waals surface area contributed by atoms with Gasteiger partial charge < -0.3 is 5.11 Å². The summed E-state index contributed by atoms with van der Waals surface area (Å²) in [6.45, 7) is 2.06. The highest BCUT2D eigenvalue weighted by molar-refractivity contribution is 7.11. The van der Waals surface area contributed by atoms with Gasteiger partial charge in [-0.25, -0.2) is 4.98 Å². The summed E-state index contributed by atoms with van der Waals surface area (Å²) in [5.41, 5.74) is 2.38. The number of fused-ring (bicyclic) bond motifs is 1. The van der Waals surface area contributed by atoms with E-state index in [-0.39, 0.29) is 10.8 Å². The molecule has 0 spiro atoms. The number of thiophene rings is 1. The molecule has 0 radical (unpaired) electrons. The highest BCUT2D eigenvalue weighted by Crippen LogP contribution is 2.36. The normalized spacial score (nSPS) is 11.6. The van der Waals surface area contributed by atoms with Crippen LogP contribution in [0.1, 0.15) is 16.1 Å². The third-order valence-corrected chi connectivity index (χ3v) is 4.77. The quantitative estimate of drug-likeness (QED) is 0.643. The van der Waals surface area contributed by atoms with Crippen LogP contribution in [-0.2, 0) is 0 Å². The monoisotopic (exact) mass is 335 g/mol. The van der Waals surface area contributed by atoms with Crippen molar-refractivity contribution in [2.24, 2.45) is 0 Å². The smallest absolute Gasteiger partial charge is 0.160 e. The van der Waals surface area contributed by atoms with E-state index in [4.69, 9.17) is 23.2 Å². The summed E-state index contributed by atoms with van der Waals surface area (Å²) < 4.78 is 0. The van der Waals surface area contributed by atoms with Crippen molar-refractivity contribution < 1.29 is 5.11 Å². The van der Waals surface area contributed by atoms with Gasteiger partial charge in [-0.05, 0) is 54.3 Å². The van der Waals surface area contributed by atoms with Crippen LogP contribution in [0.5, 0.6) is 5.75 Å². The second kappa shape index (κ2) is 5.68. The Bertz CT molecular complexity index is 855. The number of benzene rings is 1. The molecule has 3 rings (SSSR count). The standard InChI is InChI=1S/C16H11Cl2NOS/c1-9-6-7-21-14(9)5-3-10-2-4-11-12(17)8-13(18)16(20)15(11)19-10/h2-8,20H,1H3. The van der Waals surface area contributed by atoms with Gasteiger partial charge in [0.1, 0.15) is 5.52 Å². The number of hydrogen-bond acceptors (Lipinski definition) is 3. The van der Waals surface area contributed by atoms with Gasteiger partial charge in [-0.3, -0.25) is 0 Å². The minimum Gasteiger partial charge on any atom is -0.504 e. The van der Waals surface area contributed by atoms with Gasteiger partial charge in [0, 0.05) is 10.3 Å². The molecule has 0 unspecified atom stereocenters. The van der Waals surface area contributed by atoms with Gasteiger partial charge in [-0.1, -0.05) is 23.2 Å². The van der Waals surface area contributed by atoms with Crippen LogP contribution in [0, 0.1) is 6.92 Å². The van der Waals surface area contributed by atoms with Crippen LogP contribution < -0.4 is 0 Å². The van der Waals surface area contributed by atoms with E-state index in [1.165, 1.54) is 16.5 Å². The van der Waals surface area contributed by atoms with E-state index in [1.807, 2.05) is 29.7 Å². The van der Waals surface area contributed by atoms with E-state index in [9.17, 15) is 5.11 Å². The molecule has 21 heavy (non-hydrogen) atoms. The van der Waals surface area contributed by atoms with Crippen molar-refractivity contribution in [3.05, 3.63) is 55.8 Å². The number of phenolic OH excluding ortho intramolecular Hbond substituents is 1. The molecule has 0 atom stereocenters. The molecule has 0 saturated carbocycles. The predicted molar refractivity (Wildman–Crippen MR) is 91.4 cm³/mol. The molecule has 3 aromatic rings. The summed E-state index contributed by atoms with van der Waals surface area (Å²) >= 11 is 13.7. The van der Waals surface area contributed by atoms with Crippen molar-refractivity contribution in [3.8, 4) is 5.75 Å². The van der Waals surface area contributed by atoms with Gasteiger partial charge in [0.25, 0.3) is 0 Å². The molecule has 106 valence electrons. The first-order valence-corrected chi connectivity index (χ1v) is 7.89. The summed E-state index contributed by atoms with van der Waals surface area (Å²) in [6.07, 6.45) is 3.92. The van der Waals surface area contributed by atoms with Crippen LogP contribution >= 0.6 is 34.5 Å². The van der Waals surface area contributed by atoms with Crippen molar-refractivity contribution in [1.82, 2.24) is 4.98 Å². The van der Waals surface area contributed by atoms with Gasteiger partial charge in [-0.2, -0.15) is 0 Å². The average Bonchev–Trinajstić information content (AvgIpc) is 2.88. The molecule has 1 N–H and O–H groups in total. The van der Waals surface area contributed by atoms with Crippen molar-refractivity contribution in [3.63, 3.8) is 0 Å². The Morgan fingerprint density at radius 1 is 1.14 bits per heavy atom. The molecule has 2 nitrogen and oxygen atoms in total. The molecule has 2 aromatic heterocycles. The fraction of sp³-hybridized carbons (Fsp3) is 0.0625. The lowest BCUT2D eigenvalue weighted by Gasteiger charge is -2.05. The van der Waals surface area contributed by atoms with Crippen molar-refractivity contribution in [1.29, 1.82) is 0 Å². The SMILES string of the molecule is Cc1ccsc1C=Cc1ccc2c(Cl)cc(Cl)c(O)c2n1. The molecule has 1 aromatic carbocycles. The zero-order valence-corrected chi connectivity index (χ0v) is 13.4. The van der Waals surface area contributed by atoms with Crippen LogP contribution in [0.3, 0.4) is 0 Å². The van der Waals surface area contributed by atoms with Gasteiger partial charge in [-0.15, -0.1) is 11.3 Å². The van der Waals surface area contributed by atoms with Gasteiger partial charge in [0.2, 0.25) is 0 Å². The molecule has 0 amide bonds. The molecule has 0 saturated heterocycles. The van der Waals surface area contributed by atoms with Crippen molar-refractivity contribution in [2.75, 3.05) is 0 Å². The molecule has 5 heteroatoms. The van der Waals surface area contributed by atoms with Crippen LogP contribution in [0.25, 0.3) is 23.1 Å². The van der Waals surface area contributed by atoms with Gasteiger partial charge >= 0.3 is 0 Å². The first-order valence-electron chi connectivity index (χ1n) is 6.26. The second-order valence-electron chi connectivity index (χ2n) is 4.62. The van der Waals surface area contributed by atoms with Crippen molar-refractivity contribution in [2.45, 2.75) is 6.92 Å². The van der Waals surface area contributed by atoms with Crippen LogP contribution in [0.4, 0.5) is 0 Å². The third kappa shape index (κ3) is 2.77. The summed E-state index contributed by atoms with van der Waals surface area (Å²) in [5.74, 6) is -0.0429. The topological polar surface area (TPSA) is 33.1 Å². The molecule has 2 heterocycles. The van der Waals surface area contributed by atoms with E-state index >= 15 is 0 Å². The zero-order valence-electron chi connectivity index (χ0n) is 11.1. The lowest BCUT2D eigenvalue weighted by atomic mass is 10.1. The first-order chi connectivity index (χ1) is 10.1. The highest BCUT2D eigenvalue weighted by Gasteiger charge is 2.10.